The van der Waals surface area contributed by atoms with Gasteiger partial charge in [-0.2, -0.15) is 0 Å². The van der Waals surface area contributed by atoms with E-state index in [-0.39, 0.29) is 5.69 Å². The summed E-state index contributed by atoms with van der Waals surface area (Å²) in [6.45, 7) is 3.13. The molecule has 1 rings (SSSR count). The SMILES string of the molecule is CNCCNc1nc(C)ccc1[N+](=O)[O-]. The van der Waals surface area contributed by atoms with Crippen LogP contribution < -0.4 is 10.6 Å². The lowest BCUT2D eigenvalue weighted by molar-refractivity contribution is -0.384. The Labute approximate surface area is 87.9 Å². The second kappa shape index (κ2) is 5.26. The normalized spacial score (nSPS) is 10.0. The van der Waals surface area contributed by atoms with Gasteiger partial charge in [0.05, 0.1) is 4.92 Å². The van der Waals surface area contributed by atoms with Crippen molar-refractivity contribution in [3.8, 4) is 0 Å². The van der Waals surface area contributed by atoms with E-state index < -0.39 is 4.92 Å². The third kappa shape index (κ3) is 3.17. The summed E-state index contributed by atoms with van der Waals surface area (Å²) < 4.78 is 0. The van der Waals surface area contributed by atoms with E-state index >= 15 is 0 Å². The van der Waals surface area contributed by atoms with Gasteiger partial charge in [0.25, 0.3) is 0 Å². The number of hydrogen-bond donors (Lipinski definition) is 2. The Balaban J connectivity index is 2.82. The summed E-state index contributed by atoms with van der Waals surface area (Å²) in [5, 5.41) is 16.5. The summed E-state index contributed by atoms with van der Waals surface area (Å²) >= 11 is 0. The summed E-state index contributed by atoms with van der Waals surface area (Å²) in [7, 11) is 1.82. The zero-order valence-electron chi connectivity index (χ0n) is 8.78. The summed E-state index contributed by atoms with van der Waals surface area (Å²) in [6, 6.07) is 3.09. The van der Waals surface area contributed by atoms with Crippen LogP contribution in [0.2, 0.25) is 0 Å². The quantitative estimate of drug-likeness (QED) is 0.429. The van der Waals surface area contributed by atoms with E-state index in [1.165, 1.54) is 6.07 Å². The molecular weight excluding hydrogens is 196 g/mol. The number of nitro groups is 1. The van der Waals surface area contributed by atoms with E-state index in [9.17, 15) is 10.1 Å². The zero-order chi connectivity index (χ0) is 11.3. The van der Waals surface area contributed by atoms with Crippen molar-refractivity contribution in [1.82, 2.24) is 10.3 Å². The molecule has 1 aromatic heterocycles. The minimum Gasteiger partial charge on any atom is -0.363 e. The van der Waals surface area contributed by atoms with Crippen LogP contribution in [0, 0.1) is 17.0 Å². The van der Waals surface area contributed by atoms with Crippen molar-refractivity contribution >= 4 is 11.5 Å². The minimum atomic E-state index is -0.436. The third-order valence-corrected chi connectivity index (χ3v) is 1.88. The summed E-state index contributed by atoms with van der Waals surface area (Å²) in [6.07, 6.45) is 0. The fourth-order valence-corrected chi connectivity index (χ4v) is 1.13. The van der Waals surface area contributed by atoms with E-state index in [0.29, 0.717) is 12.4 Å². The van der Waals surface area contributed by atoms with Gasteiger partial charge in [0, 0.05) is 24.8 Å². The molecule has 0 saturated heterocycles. The molecule has 1 aromatic rings. The summed E-state index contributed by atoms with van der Waals surface area (Å²) in [5.74, 6) is 0.329. The molecular formula is C9H14N4O2. The van der Waals surface area contributed by atoms with Crippen LogP contribution >= 0.6 is 0 Å². The number of anilines is 1. The lowest BCUT2D eigenvalue weighted by atomic mass is 10.3. The molecule has 0 fully saturated rings. The maximum atomic E-state index is 10.7. The second-order valence-electron chi connectivity index (χ2n) is 3.11. The van der Waals surface area contributed by atoms with Crippen LogP contribution in [-0.4, -0.2) is 30.0 Å². The Morgan fingerprint density at radius 2 is 2.20 bits per heavy atom. The van der Waals surface area contributed by atoms with Gasteiger partial charge >= 0.3 is 5.69 Å². The minimum absolute atomic E-state index is 0.0108. The maximum absolute atomic E-state index is 10.7. The molecule has 0 radical (unpaired) electrons. The first-order valence-corrected chi connectivity index (χ1v) is 4.65. The average Bonchev–Trinajstić information content (AvgIpc) is 2.18. The molecule has 82 valence electrons. The fourth-order valence-electron chi connectivity index (χ4n) is 1.13. The molecule has 2 N–H and O–H groups in total. The molecule has 6 heteroatoms. The highest BCUT2D eigenvalue weighted by Crippen LogP contribution is 2.21. The first-order valence-electron chi connectivity index (χ1n) is 4.65. The van der Waals surface area contributed by atoms with Crippen LogP contribution in [-0.2, 0) is 0 Å². The lowest BCUT2D eigenvalue weighted by Crippen LogP contribution is -2.18. The van der Waals surface area contributed by atoms with Crippen LogP contribution in [0.3, 0.4) is 0 Å². The molecule has 0 bridgehead atoms. The first-order chi connectivity index (χ1) is 7.15. The predicted octanol–water partition coefficient (Wildman–Crippen LogP) is 0.930. The standard InChI is InChI=1S/C9H14N4O2/c1-7-3-4-8(13(14)15)9(12-7)11-6-5-10-2/h3-4,10H,5-6H2,1-2H3,(H,11,12). The number of rotatable bonds is 5. The maximum Gasteiger partial charge on any atom is 0.311 e. The van der Waals surface area contributed by atoms with E-state index in [4.69, 9.17) is 0 Å². The van der Waals surface area contributed by atoms with Crippen molar-refractivity contribution in [1.29, 1.82) is 0 Å². The molecule has 15 heavy (non-hydrogen) atoms. The van der Waals surface area contributed by atoms with Crippen LogP contribution in [0.25, 0.3) is 0 Å². The van der Waals surface area contributed by atoms with Crippen molar-refractivity contribution < 1.29 is 4.92 Å². The number of aromatic nitrogens is 1. The topological polar surface area (TPSA) is 80.1 Å². The van der Waals surface area contributed by atoms with Gasteiger partial charge in [-0.15, -0.1) is 0 Å². The van der Waals surface area contributed by atoms with E-state index in [2.05, 4.69) is 15.6 Å². The van der Waals surface area contributed by atoms with Gasteiger partial charge in [0.15, 0.2) is 0 Å². The highest BCUT2D eigenvalue weighted by Gasteiger charge is 2.14. The Hall–Kier alpha value is -1.69. The van der Waals surface area contributed by atoms with Gasteiger partial charge in [0.1, 0.15) is 0 Å². The van der Waals surface area contributed by atoms with Gasteiger partial charge in [-0.25, -0.2) is 4.98 Å². The summed E-state index contributed by atoms with van der Waals surface area (Å²) in [4.78, 5) is 14.3. The number of likely N-dealkylation sites (N-methyl/N-ethyl adjacent to an activating group) is 1. The van der Waals surface area contributed by atoms with Gasteiger partial charge in [0.2, 0.25) is 5.82 Å². The lowest BCUT2D eigenvalue weighted by Gasteiger charge is -2.06. The fraction of sp³-hybridized carbons (Fsp3) is 0.444. The molecule has 0 aliphatic heterocycles. The number of aryl methyl sites for hydroxylation is 1. The largest absolute Gasteiger partial charge is 0.363 e. The second-order valence-corrected chi connectivity index (χ2v) is 3.11. The molecule has 0 saturated carbocycles. The van der Waals surface area contributed by atoms with E-state index in [1.54, 1.807) is 13.0 Å². The van der Waals surface area contributed by atoms with Gasteiger partial charge in [-0.3, -0.25) is 10.1 Å². The van der Waals surface area contributed by atoms with Crippen molar-refractivity contribution in [3.63, 3.8) is 0 Å². The van der Waals surface area contributed by atoms with Crippen LogP contribution in [0.4, 0.5) is 11.5 Å². The number of pyridine rings is 1. The highest BCUT2D eigenvalue weighted by molar-refractivity contribution is 5.55. The molecule has 6 nitrogen and oxygen atoms in total. The van der Waals surface area contributed by atoms with Crippen LogP contribution in [0.1, 0.15) is 5.69 Å². The average molecular weight is 210 g/mol. The molecule has 0 aromatic carbocycles. The molecule has 0 spiro atoms. The van der Waals surface area contributed by atoms with E-state index in [0.717, 1.165) is 12.2 Å². The summed E-state index contributed by atoms with van der Waals surface area (Å²) in [5.41, 5.74) is 0.768. The molecule has 0 unspecified atom stereocenters. The van der Waals surface area contributed by atoms with Gasteiger partial charge < -0.3 is 10.6 Å². The Morgan fingerprint density at radius 1 is 1.47 bits per heavy atom. The molecule has 0 aliphatic carbocycles. The Bertz CT molecular complexity index is 354. The number of hydrogen-bond acceptors (Lipinski definition) is 5. The van der Waals surface area contributed by atoms with Crippen molar-refractivity contribution in [2.45, 2.75) is 6.92 Å². The number of nitrogens with zero attached hydrogens (tertiary/aromatic N) is 2. The smallest absolute Gasteiger partial charge is 0.311 e. The molecule has 0 aliphatic rings. The highest BCUT2D eigenvalue weighted by atomic mass is 16.6. The Kier molecular flexibility index (Phi) is 3.99. The van der Waals surface area contributed by atoms with Gasteiger partial charge in [-0.1, -0.05) is 0 Å². The first kappa shape index (κ1) is 11.4. The monoisotopic (exact) mass is 210 g/mol. The molecule has 0 amide bonds. The molecule has 1 heterocycles. The zero-order valence-corrected chi connectivity index (χ0v) is 8.78. The molecule has 0 atom stereocenters. The van der Waals surface area contributed by atoms with Gasteiger partial charge in [-0.05, 0) is 20.0 Å². The van der Waals surface area contributed by atoms with Crippen LogP contribution in [0.15, 0.2) is 12.1 Å². The predicted molar refractivity (Wildman–Crippen MR) is 58.0 cm³/mol. The van der Waals surface area contributed by atoms with Crippen LogP contribution in [0.5, 0.6) is 0 Å². The number of nitrogens with one attached hydrogen (secondary N) is 2. The van der Waals surface area contributed by atoms with Crippen molar-refractivity contribution in [3.05, 3.63) is 27.9 Å². The van der Waals surface area contributed by atoms with E-state index in [1.807, 2.05) is 7.05 Å². The third-order valence-electron chi connectivity index (χ3n) is 1.88. The van der Waals surface area contributed by atoms with Crippen molar-refractivity contribution in [2.24, 2.45) is 0 Å². The van der Waals surface area contributed by atoms with Crippen molar-refractivity contribution in [2.75, 3.05) is 25.5 Å². The Morgan fingerprint density at radius 3 is 2.80 bits per heavy atom.